The molecule has 0 aliphatic carbocycles. The van der Waals surface area contributed by atoms with Crippen molar-refractivity contribution in [3.63, 3.8) is 0 Å². The molecule has 1 aromatic rings. The minimum atomic E-state index is -1.09. The number of nitrogens with one attached hydrogen (secondary N) is 1. The highest BCUT2D eigenvalue weighted by Gasteiger charge is 2.20. The molecule has 1 unspecified atom stereocenters. The van der Waals surface area contributed by atoms with Crippen molar-refractivity contribution < 1.29 is 14.7 Å². The van der Waals surface area contributed by atoms with Gasteiger partial charge in [-0.25, -0.2) is 4.79 Å². The Kier molecular flexibility index (Phi) is 4.31. The predicted octanol–water partition coefficient (Wildman–Crippen LogP) is 1.69. The van der Waals surface area contributed by atoms with Gasteiger partial charge in [0.1, 0.15) is 0 Å². The van der Waals surface area contributed by atoms with E-state index in [1.807, 2.05) is 0 Å². The van der Waals surface area contributed by atoms with Gasteiger partial charge in [0.25, 0.3) is 0 Å². The second-order valence-corrected chi connectivity index (χ2v) is 3.61. The van der Waals surface area contributed by atoms with Crippen LogP contribution in [0.1, 0.15) is 24.1 Å². The Labute approximate surface area is 98.2 Å². The van der Waals surface area contributed by atoms with E-state index in [2.05, 4.69) is 5.32 Å². The molecular weight excluding hydrogens is 230 g/mol. The number of carboxylic acid groups (broad SMARTS) is 1. The number of carboxylic acids is 1. The largest absolute Gasteiger partial charge is 0.479 e. The summed E-state index contributed by atoms with van der Waals surface area (Å²) in [6.45, 7) is 1.28. The van der Waals surface area contributed by atoms with Crippen molar-refractivity contribution in [3.05, 3.63) is 35.4 Å². The molecule has 86 valence electrons. The zero-order chi connectivity index (χ0) is 12.1. The summed E-state index contributed by atoms with van der Waals surface area (Å²) in [4.78, 5) is 21.8. The normalized spacial score (nSPS) is 11.9. The Morgan fingerprint density at radius 2 is 1.94 bits per heavy atom. The molecule has 0 saturated carbocycles. The second kappa shape index (κ2) is 5.51. The Balaban J connectivity index is 2.92. The van der Waals surface area contributed by atoms with Gasteiger partial charge in [0.15, 0.2) is 6.04 Å². The van der Waals surface area contributed by atoms with Gasteiger partial charge in [-0.3, -0.25) is 4.79 Å². The van der Waals surface area contributed by atoms with Crippen LogP contribution in [0.5, 0.6) is 0 Å². The summed E-state index contributed by atoms with van der Waals surface area (Å²) in [5.41, 5.74) is 1.42. The molecule has 1 amide bonds. The predicted molar refractivity (Wildman–Crippen MR) is 60.2 cm³/mol. The standard InChI is InChI=1S/C11H12ClNO3/c1-7(14)13-10(11(15)16)9-4-2-8(6-12)3-5-9/h2-5,10H,6H2,1H3,(H,13,14)(H,15,16). The van der Waals surface area contributed by atoms with Gasteiger partial charge in [-0.1, -0.05) is 24.3 Å². The molecule has 0 heterocycles. The Bertz CT molecular complexity index is 389. The molecule has 0 aliphatic heterocycles. The maximum Gasteiger partial charge on any atom is 0.330 e. The minimum Gasteiger partial charge on any atom is -0.479 e. The van der Waals surface area contributed by atoms with E-state index >= 15 is 0 Å². The number of carbonyl (C=O) groups is 2. The molecule has 2 N–H and O–H groups in total. The Hall–Kier alpha value is -1.55. The van der Waals surface area contributed by atoms with Crippen LogP contribution in [-0.2, 0) is 15.5 Å². The molecule has 0 aromatic heterocycles. The highest BCUT2D eigenvalue weighted by Crippen LogP contribution is 2.15. The number of alkyl halides is 1. The van der Waals surface area contributed by atoms with Crippen LogP contribution in [0.2, 0.25) is 0 Å². The van der Waals surface area contributed by atoms with Crippen LogP contribution in [0, 0.1) is 0 Å². The third-order valence-corrected chi connectivity index (χ3v) is 2.37. The van der Waals surface area contributed by atoms with Crippen molar-refractivity contribution in [1.29, 1.82) is 0 Å². The lowest BCUT2D eigenvalue weighted by Crippen LogP contribution is -2.31. The lowest BCUT2D eigenvalue weighted by Gasteiger charge is -2.13. The van der Waals surface area contributed by atoms with E-state index in [1.54, 1.807) is 24.3 Å². The molecule has 4 nitrogen and oxygen atoms in total. The number of amides is 1. The quantitative estimate of drug-likeness (QED) is 0.789. The molecule has 0 fully saturated rings. The van der Waals surface area contributed by atoms with Crippen molar-refractivity contribution >= 4 is 23.5 Å². The fraction of sp³-hybridized carbons (Fsp3) is 0.273. The summed E-state index contributed by atoms with van der Waals surface area (Å²) in [5.74, 6) is -1.10. The van der Waals surface area contributed by atoms with Gasteiger partial charge in [0.05, 0.1) is 0 Å². The molecule has 1 atom stereocenters. The first kappa shape index (κ1) is 12.5. The van der Waals surface area contributed by atoms with Crippen LogP contribution in [0.15, 0.2) is 24.3 Å². The summed E-state index contributed by atoms with van der Waals surface area (Å²) in [7, 11) is 0. The number of halogens is 1. The van der Waals surface area contributed by atoms with Crippen LogP contribution in [-0.4, -0.2) is 17.0 Å². The van der Waals surface area contributed by atoms with Crippen molar-refractivity contribution in [3.8, 4) is 0 Å². The minimum absolute atomic E-state index is 0.373. The molecule has 0 saturated heterocycles. The molecule has 16 heavy (non-hydrogen) atoms. The third-order valence-electron chi connectivity index (χ3n) is 2.06. The first-order valence-corrected chi connectivity index (χ1v) is 5.22. The summed E-state index contributed by atoms with van der Waals surface area (Å²) in [6, 6.07) is 5.75. The molecule has 0 radical (unpaired) electrons. The Morgan fingerprint density at radius 3 is 2.31 bits per heavy atom. The molecule has 1 rings (SSSR count). The number of hydrogen-bond acceptors (Lipinski definition) is 2. The van der Waals surface area contributed by atoms with E-state index < -0.39 is 12.0 Å². The summed E-state index contributed by atoms with van der Waals surface area (Å²) < 4.78 is 0. The van der Waals surface area contributed by atoms with Gasteiger partial charge in [0.2, 0.25) is 5.91 Å². The van der Waals surface area contributed by atoms with Crippen LogP contribution >= 0.6 is 11.6 Å². The van der Waals surface area contributed by atoms with Gasteiger partial charge < -0.3 is 10.4 Å². The molecule has 5 heteroatoms. The second-order valence-electron chi connectivity index (χ2n) is 3.35. The van der Waals surface area contributed by atoms with Crippen LogP contribution in [0.4, 0.5) is 0 Å². The van der Waals surface area contributed by atoms with E-state index in [0.29, 0.717) is 11.4 Å². The van der Waals surface area contributed by atoms with Gasteiger partial charge in [-0.05, 0) is 11.1 Å². The monoisotopic (exact) mass is 241 g/mol. The average molecular weight is 242 g/mol. The number of rotatable bonds is 4. The molecule has 0 spiro atoms. The molecule has 0 bridgehead atoms. The lowest BCUT2D eigenvalue weighted by molar-refractivity contribution is -0.141. The van der Waals surface area contributed by atoms with Gasteiger partial charge in [-0.2, -0.15) is 0 Å². The van der Waals surface area contributed by atoms with Gasteiger partial charge >= 0.3 is 5.97 Å². The van der Waals surface area contributed by atoms with E-state index in [-0.39, 0.29) is 5.91 Å². The van der Waals surface area contributed by atoms with Crippen molar-refractivity contribution in [2.75, 3.05) is 0 Å². The number of carbonyl (C=O) groups excluding carboxylic acids is 1. The lowest BCUT2D eigenvalue weighted by atomic mass is 10.1. The molecular formula is C11H12ClNO3. The topological polar surface area (TPSA) is 66.4 Å². The van der Waals surface area contributed by atoms with Crippen LogP contribution in [0.25, 0.3) is 0 Å². The zero-order valence-corrected chi connectivity index (χ0v) is 9.49. The molecule has 0 aliphatic rings. The van der Waals surface area contributed by atoms with Gasteiger partial charge in [0, 0.05) is 12.8 Å². The first-order chi connectivity index (χ1) is 7.54. The SMILES string of the molecule is CC(=O)NC(C(=O)O)c1ccc(CCl)cc1. The fourth-order valence-corrected chi connectivity index (χ4v) is 1.47. The van der Waals surface area contributed by atoms with Crippen LogP contribution in [0.3, 0.4) is 0 Å². The highest BCUT2D eigenvalue weighted by molar-refractivity contribution is 6.17. The van der Waals surface area contributed by atoms with E-state index in [0.717, 1.165) is 5.56 Å². The fourth-order valence-electron chi connectivity index (χ4n) is 1.29. The van der Waals surface area contributed by atoms with Crippen LogP contribution < -0.4 is 5.32 Å². The highest BCUT2D eigenvalue weighted by atomic mass is 35.5. The maximum absolute atomic E-state index is 10.9. The summed E-state index contributed by atoms with van der Waals surface area (Å²) in [6.07, 6.45) is 0. The van der Waals surface area contributed by atoms with Gasteiger partial charge in [-0.15, -0.1) is 11.6 Å². The third kappa shape index (κ3) is 3.24. The summed E-state index contributed by atoms with van der Waals surface area (Å²) in [5, 5.41) is 11.3. The number of aliphatic carboxylic acids is 1. The van der Waals surface area contributed by atoms with Crippen molar-refractivity contribution in [1.82, 2.24) is 5.32 Å². The smallest absolute Gasteiger partial charge is 0.330 e. The average Bonchev–Trinajstić information content (AvgIpc) is 2.25. The van der Waals surface area contributed by atoms with E-state index in [1.165, 1.54) is 6.92 Å². The maximum atomic E-state index is 10.9. The zero-order valence-electron chi connectivity index (χ0n) is 8.74. The van der Waals surface area contributed by atoms with Crippen molar-refractivity contribution in [2.24, 2.45) is 0 Å². The molecule has 1 aromatic carbocycles. The van der Waals surface area contributed by atoms with Crippen molar-refractivity contribution in [2.45, 2.75) is 18.8 Å². The summed E-state index contributed by atoms with van der Waals surface area (Å²) >= 11 is 5.62. The van der Waals surface area contributed by atoms with E-state index in [9.17, 15) is 9.59 Å². The van der Waals surface area contributed by atoms with E-state index in [4.69, 9.17) is 16.7 Å². The number of benzene rings is 1. The Morgan fingerprint density at radius 1 is 1.38 bits per heavy atom. The first-order valence-electron chi connectivity index (χ1n) is 4.69. The number of hydrogen-bond donors (Lipinski definition) is 2.